The fourth-order valence-corrected chi connectivity index (χ4v) is 4.70. The first-order chi connectivity index (χ1) is 16.5. The molecule has 8 nitrogen and oxygen atoms in total. The lowest BCUT2D eigenvalue weighted by Crippen LogP contribution is -2.40. The van der Waals surface area contributed by atoms with Gasteiger partial charge >= 0.3 is 6.03 Å². The van der Waals surface area contributed by atoms with Crippen molar-refractivity contribution < 1.29 is 19.4 Å². The zero-order chi connectivity index (χ0) is 23.7. The highest BCUT2D eigenvalue weighted by atomic mass is 16.5. The molecule has 1 unspecified atom stereocenters. The molecule has 3 heterocycles. The zero-order valence-electron chi connectivity index (χ0n) is 19.6. The Hall–Kier alpha value is -3.26. The van der Waals surface area contributed by atoms with E-state index in [1.165, 1.54) is 17.7 Å². The van der Waals surface area contributed by atoms with Crippen LogP contribution in [0.15, 0.2) is 36.7 Å². The first-order valence-electron chi connectivity index (χ1n) is 12.1. The molecule has 180 valence electrons. The molecule has 2 amide bonds. The van der Waals surface area contributed by atoms with Crippen LogP contribution in [-0.4, -0.2) is 47.3 Å². The van der Waals surface area contributed by atoms with E-state index in [0.29, 0.717) is 54.4 Å². The van der Waals surface area contributed by atoms with Crippen molar-refractivity contribution in [2.24, 2.45) is 5.92 Å². The highest BCUT2D eigenvalue weighted by molar-refractivity contribution is 5.93. The normalized spacial score (nSPS) is 19.9. The Morgan fingerprint density at radius 2 is 2.18 bits per heavy atom. The Labute approximate surface area is 200 Å². The number of rotatable bonds is 8. The quantitative estimate of drug-likeness (QED) is 0.496. The number of carbonyl (C=O) groups is 1. The van der Waals surface area contributed by atoms with E-state index in [9.17, 15) is 9.90 Å². The van der Waals surface area contributed by atoms with Gasteiger partial charge in [0.15, 0.2) is 5.88 Å². The molecule has 3 aliphatic rings. The van der Waals surface area contributed by atoms with Crippen LogP contribution in [0.5, 0.6) is 11.5 Å². The summed E-state index contributed by atoms with van der Waals surface area (Å²) in [5, 5.41) is 17.2. The number of anilines is 1. The van der Waals surface area contributed by atoms with Gasteiger partial charge in [0.05, 0.1) is 31.0 Å². The molecule has 0 spiro atoms. The first kappa shape index (κ1) is 22.5. The maximum absolute atomic E-state index is 12.9. The zero-order valence-corrected chi connectivity index (χ0v) is 19.6. The minimum Gasteiger partial charge on any atom is -0.507 e. The number of phenolic OH excluding ortho intramolecular Hbond substituents is 1. The Bertz CT molecular complexity index is 1090. The minimum absolute atomic E-state index is 0.113. The summed E-state index contributed by atoms with van der Waals surface area (Å²) in [6.45, 7) is 9.04. The number of benzene rings is 1. The first-order valence-corrected chi connectivity index (χ1v) is 12.1. The van der Waals surface area contributed by atoms with Crippen LogP contribution in [0.2, 0.25) is 0 Å². The lowest BCUT2D eigenvalue weighted by Gasteiger charge is -2.33. The number of ether oxygens (including phenoxy) is 2. The van der Waals surface area contributed by atoms with Gasteiger partial charge in [0.1, 0.15) is 17.3 Å². The molecule has 1 aromatic heterocycles. The van der Waals surface area contributed by atoms with Crippen LogP contribution in [0.25, 0.3) is 11.3 Å². The van der Waals surface area contributed by atoms with E-state index >= 15 is 0 Å². The van der Waals surface area contributed by atoms with Crippen LogP contribution >= 0.6 is 0 Å². The summed E-state index contributed by atoms with van der Waals surface area (Å²) >= 11 is 0. The predicted octanol–water partition coefficient (Wildman–Crippen LogP) is 4.57. The summed E-state index contributed by atoms with van der Waals surface area (Å²) in [5.74, 6) is 2.41. The van der Waals surface area contributed by atoms with Gasteiger partial charge in [-0.15, -0.1) is 0 Å². The molecule has 2 aliphatic heterocycles. The Kier molecular flexibility index (Phi) is 6.32. The highest BCUT2D eigenvalue weighted by Gasteiger charge is 2.32. The third kappa shape index (κ3) is 4.55. The summed E-state index contributed by atoms with van der Waals surface area (Å²) in [6, 6.07) is 7.02. The van der Waals surface area contributed by atoms with Gasteiger partial charge in [-0.05, 0) is 81.3 Å². The van der Waals surface area contributed by atoms with E-state index in [0.717, 1.165) is 37.1 Å². The predicted molar refractivity (Wildman–Crippen MR) is 130 cm³/mol. The molecule has 3 N–H and O–H groups in total. The van der Waals surface area contributed by atoms with Crippen LogP contribution in [-0.2, 0) is 11.3 Å². The van der Waals surface area contributed by atoms with Crippen molar-refractivity contribution in [3.8, 4) is 22.8 Å². The average Bonchev–Trinajstić information content (AvgIpc) is 3.67. The summed E-state index contributed by atoms with van der Waals surface area (Å²) < 4.78 is 11.6. The molecule has 34 heavy (non-hydrogen) atoms. The van der Waals surface area contributed by atoms with Crippen LogP contribution in [0, 0.1) is 5.92 Å². The minimum atomic E-state index is -0.328. The number of amides is 2. The second kappa shape index (κ2) is 9.54. The van der Waals surface area contributed by atoms with Crippen LogP contribution < -0.4 is 15.4 Å². The highest BCUT2D eigenvalue weighted by Crippen LogP contribution is 2.42. The fraction of sp³-hybridized carbons (Fsp3) is 0.462. The summed E-state index contributed by atoms with van der Waals surface area (Å²) in [4.78, 5) is 19.2. The van der Waals surface area contributed by atoms with Crippen molar-refractivity contribution in [1.82, 2.24) is 15.2 Å². The van der Waals surface area contributed by atoms with Gasteiger partial charge in [-0.3, -0.25) is 10.2 Å². The second-order valence-corrected chi connectivity index (χ2v) is 9.21. The molecule has 0 radical (unpaired) electrons. The molecule has 2 fully saturated rings. The topological polar surface area (TPSA) is 96.0 Å². The molecule has 1 aliphatic carbocycles. The molecule has 1 atom stereocenters. The standard InChI is InChI=1S/C26H32N4O4/c1-3-33-16(2)30-14-20-19(18-6-5-11-27-13-18)12-21(28-25(20)29-26(30)32)24-22(31)7-4-8-23(24)34-15-17-9-10-17/h4,7-8,12,17-18,27,31H,2-3,5-6,9-11,13-15H2,1H3,(H,28,29,32). The smallest absolute Gasteiger partial charge is 0.330 e. The van der Waals surface area contributed by atoms with Crippen LogP contribution in [0.1, 0.15) is 49.7 Å². The number of nitrogens with zero attached hydrogens (tertiary/aromatic N) is 2. The van der Waals surface area contributed by atoms with Crippen molar-refractivity contribution in [2.45, 2.75) is 45.1 Å². The number of urea groups is 1. The van der Waals surface area contributed by atoms with Crippen molar-refractivity contribution in [3.05, 3.63) is 47.9 Å². The molecule has 1 saturated carbocycles. The molecular formula is C26H32N4O4. The van der Waals surface area contributed by atoms with Gasteiger partial charge in [0, 0.05) is 12.1 Å². The molecule has 1 aromatic carbocycles. The van der Waals surface area contributed by atoms with E-state index in [-0.39, 0.29) is 17.7 Å². The molecular weight excluding hydrogens is 432 g/mol. The third-order valence-electron chi connectivity index (χ3n) is 6.73. The van der Waals surface area contributed by atoms with Crippen LogP contribution in [0.3, 0.4) is 0 Å². The number of hydrogen-bond donors (Lipinski definition) is 3. The third-order valence-corrected chi connectivity index (χ3v) is 6.73. The van der Waals surface area contributed by atoms with Crippen molar-refractivity contribution >= 4 is 11.8 Å². The number of pyridine rings is 1. The number of piperidine rings is 1. The number of nitrogens with one attached hydrogen (secondary N) is 2. The van der Waals surface area contributed by atoms with Crippen molar-refractivity contribution in [3.63, 3.8) is 0 Å². The van der Waals surface area contributed by atoms with Gasteiger partial charge in [0.2, 0.25) is 0 Å². The summed E-state index contributed by atoms with van der Waals surface area (Å²) in [5.41, 5.74) is 3.22. The van der Waals surface area contributed by atoms with Gasteiger partial charge < -0.3 is 19.9 Å². The van der Waals surface area contributed by atoms with Gasteiger partial charge in [-0.25, -0.2) is 9.78 Å². The molecule has 5 rings (SSSR count). The summed E-state index contributed by atoms with van der Waals surface area (Å²) in [6.07, 6.45) is 4.47. The largest absolute Gasteiger partial charge is 0.507 e. The average molecular weight is 465 g/mol. The lowest BCUT2D eigenvalue weighted by atomic mass is 9.87. The molecule has 2 aromatic rings. The van der Waals surface area contributed by atoms with E-state index in [4.69, 9.17) is 14.5 Å². The number of aromatic nitrogens is 1. The Balaban J connectivity index is 1.58. The van der Waals surface area contributed by atoms with Crippen LogP contribution in [0.4, 0.5) is 10.6 Å². The van der Waals surface area contributed by atoms with Crippen molar-refractivity contribution in [1.29, 1.82) is 0 Å². The maximum atomic E-state index is 12.9. The molecule has 1 saturated heterocycles. The van der Waals surface area contributed by atoms with Gasteiger partial charge in [-0.2, -0.15) is 0 Å². The van der Waals surface area contributed by atoms with E-state index in [1.807, 2.05) is 13.0 Å². The van der Waals surface area contributed by atoms with Crippen molar-refractivity contribution in [2.75, 3.05) is 31.6 Å². The lowest BCUT2D eigenvalue weighted by molar-refractivity contribution is 0.131. The number of fused-ring (bicyclic) bond motifs is 1. The maximum Gasteiger partial charge on any atom is 0.330 e. The SMILES string of the molecule is C=C(OCC)N1Cc2c(C3CCCNC3)cc(-c3c(O)cccc3OCC3CC3)nc2NC1=O. The number of carbonyl (C=O) groups excluding carboxylic acids is 1. The van der Waals surface area contributed by atoms with Gasteiger partial charge in [-0.1, -0.05) is 6.07 Å². The fourth-order valence-electron chi connectivity index (χ4n) is 4.70. The van der Waals surface area contributed by atoms with Gasteiger partial charge in [0.25, 0.3) is 0 Å². The molecule has 0 bridgehead atoms. The van der Waals surface area contributed by atoms with E-state index < -0.39 is 0 Å². The van der Waals surface area contributed by atoms with E-state index in [2.05, 4.69) is 23.3 Å². The number of phenols is 1. The Morgan fingerprint density at radius 1 is 1.32 bits per heavy atom. The molecule has 8 heteroatoms. The van der Waals surface area contributed by atoms with E-state index in [1.54, 1.807) is 12.1 Å². The Morgan fingerprint density at radius 3 is 2.91 bits per heavy atom. The second-order valence-electron chi connectivity index (χ2n) is 9.21. The number of aromatic hydroxyl groups is 1. The number of hydrogen-bond acceptors (Lipinski definition) is 6. The summed E-state index contributed by atoms with van der Waals surface area (Å²) in [7, 11) is 0. The monoisotopic (exact) mass is 464 g/mol.